The number of rotatable bonds is 4. The Morgan fingerprint density at radius 1 is 1.12 bits per heavy atom. The van der Waals surface area contributed by atoms with Gasteiger partial charge in [0.2, 0.25) is 0 Å². The fraction of sp³-hybridized carbons (Fsp3) is 0.370. The van der Waals surface area contributed by atoms with E-state index in [1.165, 1.54) is 29.5 Å². The van der Waals surface area contributed by atoms with E-state index in [1.807, 2.05) is 12.1 Å². The largest absolute Gasteiger partial charge is 0.497 e. The lowest BCUT2D eigenvalue weighted by atomic mass is 9.68. The molecule has 0 spiro atoms. The number of esters is 1. The van der Waals surface area contributed by atoms with Gasteiger partial charge in [0.25, 0.3) is 0 Å². The smallest absolute Gasteiger partial charge is 0.313 e. The molecule has 1 aliphatic heterocycles. The van der Waals surface area contributed by atoms with Gasteiger partial charge in [-0.2, -0.15) is 0 Å². The first-order chi connectivity index (χ1) is 15.6. The molecule has 5 rings (SSSR count). The van der Waals surface area contributed by atoms with Gasteiger partial charge in [0, 0.05) is 42.7 Å². The molecule has 1 aliphatic carbocycles. The number of aromatic nitrogens is 1. The second kappa shape index (κ2) is 8.14. The highest BCUT2D eigenvalue weighted by atomic mass is 16.5. The van der Waals surface area contributed by atoms with Crippen LogP contribution in [0.1, 0.15) is 42.1 Å². The summed E-state index contributed by atoms with van der Waals surface area (Å²) in [6, 6.07) is 17.0. The number of carbonyl (C=O) groups is 1. The van der Waals surface area contributed by atoms with Gasteiger partial charge >= 0.3 is 5.97 Å². The third-order valence-electron chi connectivity index (χ3n) is 7.37. The van der Waals surface area contributed by atoms with Gasteiger partial charge in [0.05, 0.1) is 26.2 Å². The minimum absolute atomic E-state index is 0.131. The number of benzene rings is 2. The average molecular weight is 431 g/mol. The van der Waals surface area contributed by atoms with Gasteiger partial charge in [0.1, 0.15) is 5.75 Å². The van der Waals surface area contributed by atoms with Crippen LogP contribution in [0, 0.1) is 5.92 Å². The zero-order chi connectivity index (χ0) is 22.4. The van der Waals surface area contributed by atoms with E-state index in [2.05, 4.69) is 65.9 Å². The van der Waals surface area contributed by atoms with Gasteiger partial charge in [-0.1, -0.05) is 42.0 Å². The van der Waals surface area contributed by atoms with Crippen LogP contribution in [-0.2, 0) is 23.1 Å². The summed E-state index contributed by atoms with van der Waals surface area (Å²) >= 11 is 0. The number of methoxy groups -OCH3 is 2. The van der Waals surface area contributed by atoms with E-state index >= 15 is 0 Å². The lowest BCUT2D eigenvalue weighted by Gasteiger charge is -2.47. The maximum Gasteiger partial charge on any atom is 0.313 e. The SMILES string of the molecule is C/C=C1/CN(Cc2ccc(OC)cc2)[C@H]2C[C@@H]1[C@@H](C(=O)OC)c1c2n(C)c2ccccc12. The van der Waals surface area contributed by atoms with Gasteiger partial charge < -0.3 is 14.0 Å². The third kappa shape index (κ3) is 3.15. The zero-order valence-electron chi connectivity index (χ0n) is 19.2. The van der Waals surface area contributed by atoms with Crippen molar-refractivity contribution < 1.29 is 14.3 Å². The van der Waals surface area contributed by atoms with Gasteiger partial charge in [-0.15, -0.1) is 0 Å². The van der Waals surface area contributed by atoms with Crippen LogP contribution in [0.5, 0.6) is 5.75 Å². The van der Waals surface area contributed by atoms with E-state index in [1.54, 1.807) is 7.11 Å². The van der Waals surface area contributed by atoms with E-state index in [-0.39, 0.29) is 23.8 Å². The maximum absolute atomic E-state index is 13.1. The lowest BCUT2D eigenvalue weighted by Crippen LogP contribution is -2.45. The van der Waals surface area contributed by atoms with Crippen molar-refractivity contribution in [2.45, 2.75) is 31.8 Å². The Balaban J connectivity index is 1.65. The number of likely N-dealkylation sites (tertiary alicyclic amines) is 1. The Hall–Kier alpha value is -3.05. The summed E-state index contributed by atoms with van der Waals surface area (Å²) < 4.78 is 13.0. The molecule has 3 aromatic rings. The molecule has 5 heteroatoms. The number of hydrogen-bond donors (Lipinski definition) is 0. The molecule has 0 amide bonds. The monoisotopic (exact) mass is 430 g/mol. The number of allylic oxidation sites excluding steroid dienone is 1. The average Bonchev–Trinajstić information content (AvgIpc) is 3.13. The molecule has 0 N–H and O–H groups in total. The molecule has 3 atom stereocenters. The number of hydrogen-bond acceptors (Lipinski definition) is 4. The molecular formula is C27H30N2O3. The number of ether oxygens (including phenoxy) is 2. The quantitative estimate of drug-likeness (QED) is 0.433. The number of para-hydroxylation sites is 1. The second-order valence-corrected chi connectivity index (χ2v) is 8.85. The number of nitrogens with zero attached hydrogens (tertiary/aromatic N) is 2. The molecule has 5 nitrogen and oxygen atoms in total. The summed E-state index contributed by atoms with van der Waals surface area (Å²) in [5.74, 6) is 0.653. The van der Waals surface area contributed by atoms with Crippen LogP contribution in [0.25, 0.3) is 10.9 Å². The highest BCUT2D eigenvalue weighted by Crippen LogP contribution is 2.53. The maximum atomic E-state index is 13.1. The normalized spacial score (nSPS) is 23.9. The van der Waals surface area contributed by atoms with E-state index in [4.69, 9.17) is 9.47 Å². The topological polar surface area (TPSA) is 43.7 Å². The molecule has 1 saturated heterocycles. The molecular weight excluding hydrogens is 400 g/mol. The molecule has 166 valence electrons. The Kier molecular flexibility index (Phi) is 5.30. The predicted octanol–water partition coefficient (Wildman–Crippen LogP) is 4.97. The van der Waals surface area contributed by atoms with Crippen molar-refractivity contribution in [3.8, 4) is 5.75 Å². The predicted molar refractivity (Wildman–Crippen MR) is 126 cm³/mol. The number of aryl methyl sites for hydroxylation is 1. The summed E-state index contributed by atoms with van der Waals surface area (Å²) in [6.45, 7) is 3.79. The molecule has 1 aromatic heterocycles. The van der Waals surface area contributed by atoms with E-state index < -0.39 is 0 Å². The van der Waals surface area contributed by atoms with Gasteiger partial charge in [-0.3, -0.25) is 9.69 Å². The molecule has 2 aromatic carbocycles. The lowest BCUT2D eigenvalue weighted by molar-refractivity contribution is -0.144. The zero-order valence-corrected chi connectivity index (χ0v) is 19.2. The van der Waals surface area contributed by atoms with Crippen molar-refractivity contribution in [2.75, 3.05) is 20.8 Å². The molecule has 0 saturated carbocycles. The van der Waals surface area contributed by atoms with Crippen molar-refractivity contribution in [2.24, 2.45) is 13.0 Å². The van der Waals surface area contributed by atoms with Crippen molar-refractivity contribution in [3.63, 3.8) is 0 Å². The van der Waals surface area contributed by atoms with Crippen molar-refractivity contribution in [3.05, 3.63) is 77.0 Å². The fourth-order valence-corrected chi connectivity index (χ4v) is 5.86. The third-order valence-corrected chi connectivity index (χ3v) is 7.37. The van der Waals surface area contributed by atoms with E-state index in [9.17, 15) is 4.79 Å². The van der Waals surface area contributed by atoms with E-state index in [0.717, 1.165) is 36.2 Å². The van der Waals surface area contributed by atoms with Crippen LogP contribution in [-0.4, -0.2) is 36.2 Å². The highest BCUT2D eigenvalue weighted by molar-refractivity contribution is 5.93. The molecule has 32 heavy (non-hydrogen) atoms. The van der Waals surface area contributed by atoms with Crippen molar-refractivity contribution in [1.29, 1.82) is 0 Å². The van der Waals surface area contributed by atoms with Gasteiger partial charge in [-0.05, 0) is 42.7 Å². The second-order valence-electron chi connectivity index (χ2n) is 8.85. The highest BCUT2D eigenvalue weighted by Gasteiger charge is 2.48. The summed E-state index contributed by atoms with van der Waals surface area (Å²) in [4.78, 5) is 15.6. The van der Waals surface area contributed by atoms with Crippen molar-refractivity contribution in [1.82, 2.24) is 9.47 Å². The van der Waals surface area contributed by atoms with Crippen molar-refractivity contribution >= 4 is 16.9 Å². The standard InChI is InChI=1S/C27H30N2O3/c1-5-18-16-29(15-17-10-12-19(31-3)13-11-17)23-14-21(18)25(27(30)32-4)24-20-8-6-7-9-22(20)28(2)26(23)24/h5-13,21,23,25H,14-16H2,1-4H3/b18-5-/t21-,23-,25+/m0/s1. The summed E-state index contributed by atoms with van der Waals surface area (Å²) in [7, 11) is 5.33. The first-order valence-corrected chi connectivity index (χ1v) is 11.2. The summed E-state index contributed by atoms with van der Waals surface area (Å²) in [5.41, 5.74) is 6.15. The molecule has 2 heterocycles. The Morgan fingerprint density at radius 2 is 1.88 bits per heavy atom. The van der Waals surface area contributed by atoms with Gasteiger partial charge in [0.15, 0.2) is 0 Å². The van der Waals surface area contributed by atoms with E-state index in [0.29, 0.717) is 0 Å². The van der Waals surface area contributed by atoms with Crippen LogP contribution < -0.4 is 4.74 Å². The molecule has 2 bridgehead atoms. The Morgan fingerprint density at radius 3 is 2.56 bits per heavy atom. The molecule has 1 fully saturated rings. The van der Waals surface area contributed by atoms with Crippen LogP contribution in [0.2, 0.25) is 0 Å². The minimum atomic E-state index is -0.258. The number of fused-ring (bicyclic) bond motifs is 6. The molecule has 0 radical (unpaired) electrons. The first-order valence-electron chi connectivity index (χ1n) is 11.2. The number of carbonyl (C=O) groups excluding carboxylic acids is 1. The molecule has 0 unspecified atom stereocenters. The Bertz CT molecular complexity index is 1190. The summed E-state index contributed by atoms with van der Waals surface area (Å²) in [5, 5.41) is 1.16. The van der Waals surface area contributed by atoms with Crippen LogP contribution in [0.3, 0.4) is 0 Å². The van der Waals surface area contributed by atoms with Crippen LogP contribution >= 0.6 is 0 Å². The van der Waals surface area contributed by atoms with Crippen LogP contribution in [0.15, 0.2) is 60.2 Å². The number of piperidine rings is 1. The first kappa shape index (κ1) is 20.8. The Labute approximate surface area is 189 Å². The molecule has 2 aliphatic rings. The fourth-order valence-electron chi connectivity index (χ4n) is 5.86. The van der Waals surface area contributed by atoms with Gasteiger partial charge in [-0.25, -0.2) is 0 Å². The minimum Gasteiger partial charge on any atom is -0.497 e. The summed E-state index contributed by atoms with van der Waals surface area (Å²) in [6.07, 6.45) is 3.13. The van der Waals surface area contributed by atoms with Crippen LogP contribution in [0.4, 0.5) is 0 Å².